The van der Waals surface area contributed by atoms with Crippen molar-refractivity contribution < 1.29 is 66.7 Å². The second kappa shape index (κ2) is 62.6. The monoisotopic (exact) mass is 1770 g/mol. The molecular weight excluding hydrogens is 1550 g/mol. The Morgan fingerprint density at radius 3 is 0.661 bits per heavy atom. The van der Waals surface area contributed by atoms with E-state index >= 15 is 0 Å². The maximum atomic E-state index is 12.5. The molecule has 13 fully saturated rings. The first kappa shape index (κ1) is 141. The molecule has 0 aromatic heterocycles. The summed E-state index contributed by atoms with van der Waals surface area (Å²) in [5.41, 5.74) is -1.99. The number of esters is 7. The third kappa shape index (κ3) is 38.6. The van der Waals surface area contributed by atoms with Crippen molar-refractivity contribution >= 4 is 41.8 Å². The van der Waals surface area contributed by atoms with Crippen molar-refractivity contribution in [1.82, 2.24) is 0 Å². The highest BCUT2D eigenvalue weighted by Crippen LogP contribution is 2.61. The molecule has 14 heteroatoms. The van der Waals surface area contributed by atoms with Crippen molar-refractivity contribution in [1.29, 1.82) is 0 Å². The van der Waals surface area contributed by atoms with E-state index in [9.17, 15) is 33.6 Å². The van der Waals surface area contributed by atoms with Gasteiger partial charge in [-0.05, 0) is 373 Å². The second-order valence-corrected chi connectivity index (χ2v) is 40.1. The third-order valence-corrected chi connectivity index (χ3v) is 30.9. The molecule has 0 radical (unpaired) electrons. The summed E-state index contributed by atoms with van der Waals surface area (Å²) < 4.78 is 40.7. The van der Waals surface area contributed by atoms with E-state index in [0.717, 1.165) is 159 Å². The lowest BCUT2D eigenvalue weighted by atomic mass is 9.50. The van der Waals surface area contributed by atoms with Gasteiger partial charge in [0, 0.05) is 0 Å². The van der Waals surface area contributed by atoms with Gasteiger partial charge in [-0.3, -0.25) is 33.6 Å². The molecule has 4 unspecified atom stereocenters. The largest absolute Gasteiger partial charge is 0.459 e. The first-order valence-corrected chi connectivity index (χ1v) is 46.2. The van der Waals surface area contributed by atoms with Crippen LogP contribution >= 0.6 is 0 Å². The summed E-state index contributed by atoms with van der Waals surface area (Å²) in [6.45, 7) is 49.0. The fraction of sp³-hybridized carbons (Fsp3) is 0.936. The first-order valence-electron chi connectivity index (χ1n) is 46.2. The van der Waals surface area contributed by atoms with Crippen LogP contribution in [0.1, 0.15) is 546 Å². The van der Waals surface area contributed by atoms with Crippen LogP contribution < -0.4 is 0 Å². The van der Waals surface area contributed by atoms with Crippen LogP contribution in [-0.4, -0.2) is 81.0 Å². The van der Waals surface area contributed by atoms with Gasteiger partial charge in [-0.25, -0.2) is 0 Å². The van der Waals surface area contributed by atoms with Crippen molar-refractivity contribution in [2.45, 2.75) is 585 Å². The van der Waals surface area contributed by atoms with Crippen molar-refractivity contribution in [3.05, 3.63) is 0 Å². The van der Waals surface area contributed by atoms with Crippen LogP contribution in [0.4, 0.5) is 0 Å². The predicted octanol–water partition coefficient (Wildman–Crippen LogP) is 34.5. The maximum Gasteiger partial charge on any atom is 0.312 e. The van der Waals surface area contributed by atoms with E-state index in [1.807, 2.05) is 104 Å². The number of hydrogen-bond acceptors (Lipinski definition) is 14. The average Bonchev–Trinajstić information content (AvgIpc) is 0.936. The fourth-order valence-corrected chi connectivity index (χ4v) is 19.7. The summed E-state index contributed by atoms with van der Waals surface area (Å²) in [6.07, 6.45) is 48.3. The Morgan fingerprint density at radius 2 is 0.444 bits per heavy atom. The molecule has 13 saturated carbocycles. The number of carbonyl (C=O) groups is 7. The van der Waals surface area contributed by atoms with E-state index in [-0.39, 0.29) is 225 Å². The van der Waals surface area contributed by atoms with Crippen LogP contribution in [0.2, 0.25) is 0 Å². The Bertz CT molecular complexity index is 2760. The molecule has 13 aliphatic carbocycles. The highest BCUT2D eigenvalue weighted by atomic mass is 16.6. The summed E-state index contributed by atoms with van der Waals surface area (Å²) >= 11 is 0. The van der Waals surface area contributed by atoms with Crippen LogP contribution in [0, 0.1) is 87.3 Å². The highest BCUT2D eigenvalue weighted by molar-refractivity contribution is 5.78. The molecule has 13 aliphatic rings. The molecule has 0 saturated heterocycles. The molecule has 0 aromatic carbocycles. The summed E-state index contributed by atoms with van der Waals surface area (Å²) in [4.78, 5) is 83.7. The molecule has 750 valence electrons. The minimum Gasteiger partial charge on any atom is -0.459 e. The molecule has 0 aromatic rings. The summed E-state index contributed by atoms with van der Waals surface area (Å²) in [6, 6.07) is 0. The lowest BCUT2D eigenvalue weighted by Gasteiger charge is -2.59. The summed E-state index contributed by atoms with van der Waals surface area (Å²) in [7, 11) is 0. The van der Waals surface area contributed by atoms with E-state index in [1.54, 1.807) is 0 Å². The van der Waals surface area contributed by atoms with Crippen molar-refractivity contribution in [3.63, 3.8) is 0 Å². The van der Waals surface area contributed by atoms with E-state index < -0.39 is 0 Å². The van der Waals surface area contributed by atoms with Crippen LogP contribution in [0.3, 0.4) is 0 Å². The van der Waals surface area contributed by atoms with Gasteiger partial charge >= 0.3 is 41.8 Å². The van der Waals surface area contributed by atoms with Gasteiger partial charge < -0.3 is 33.2 Å². The molecule has 8 bridgehead atoms. The molecule has 0 heterocycles. The quantitative estimate of drug-likeness (QED) is 0.0621. The number of carbonyl (C=O) groups excluding carboxylic acids is 7. The Hall–Kier alpha value is -3.71. The Balaban J connectivity index is -0.000000151. The molecule has 0 aliphatic heterocycles. The van der Waals surface area contributed by atoms with E-state index in [4.69, 9.17) is 33.2 Å². The molecule has 0 spiro atoms. The van der Waals surface area contributed by atoms with Crippen molar-refractivity contribution in [2.24, 2.45) is 87.3 Å². The number of hydrogen-bond donors (Lipinski definition) is 0. The van der Waals surface area contributed by atoms with E-state index in [0.29, 0.717) is 23.7 Å². The van der Waals surface area contributed by atoms with Gasteiger partial charge in [0.15, 0.2) is 0 Å². The van der Waals surface area contributed by atoms with Gasteiger partial charge in [-0.2, -0.15) is 0 Å². The van der Waals surface area contributed by atoms with Gasteiger partial charge in [0.05, 0.1) is 39.9 Å². The van der Waals surface area contributed by atoms with Crippen LogP contribution in [0.25, 0.3) is 0 Å². The summed E-state index contributed by atoms with van der Waals surface area (Å²) in [5.74, 6) is 6.46. The van der Waals surface area contributed by atoms with Crippen LogP contribution in [-0.2, 0) is 66.7 Å². The summed E-state index contributed by atoms with van der Waals surface area (Å²) in [5, 5.41) is 0. The first-order chi connectivity index (χ1) is 51.6. The Labute approximate surface area is 776 Å². The third-order valence-electron chi connectivity index (χ3n) is 30.9. The van der Waals surface area contributed by atoms with E-state index in [1.165, 1.54) is 141 Å². The normalized spacial score (nSPS) is 26.3. The van der Waals surface area contributed by atoms with Crippen LogP contribution in [0.15, 0.2) is 0 Å². The minimum atomic E-state index is -0.336. The molecule has 14 nitrogen and oxygen atoms in total. The Morgan fingerprint density at radius 1 is 0.258 bits per heavy atom. The lowest BCUT2D eigenvalue weighted by molar-refractivity contribution is -0.211. The predicted molar refractivity (Wildman–Crippen MR) is 540 cm³/mol. The minimum absolute atomic E-state index is 0. The van der Waals surface area contributed by atoms with Crippen LogP contribution in [0.5, 0.6) is 0 Å². The Kier molecular flexibility index (Phi) is 71.0. The van der Waals surface area contributed by atoms with Gasteiger partial charge in [-0.15, -0.1) is 0 Å². The molecule has 13 rings (SSSR count). The molecule has 124 heavy (non-hydrogen) atoms. The smallest absolute Gasteiger partial charge is 0.312 e. The molecular formula is C110H226O14. The van der Waals surface area contributed by atoms with Gasteiger partial charge in [0.1, 0.15) is 39.2 Å². The average molecular weight is 1770 g/mol. The number of rotatable bonds is 25. The van der Waals surface area contributed by atoms with Gasteiger partial charge in [0.25, 0.3) is 0 Å². The fourth-order valence-electron chi connectivity index (χ4n) is 19.7. The van der Waals surface area contributed by atoms with Gasteiger partial charge in [-0.1, -0.05) is 221 Å². The topological polar surface area (TPSA) is 184 Å². The molecule has 0 amide bonds. The zero-order chi connectivity index (χ0) is 82.3. The lowest BCUT2D eigenvalue weighted by Crippen LogP contribution is -2.58. The van der Waals surface area contributed by atoms with Crippen molar-refractivity contribution in [3.8, 4) is 0 Å². The highest BCUT2D eigenvalue weighted by Gasteiger charge is 2.59. The maximum absolute atomic E-state index is 12.5. The SMILES string of the molecule is C.C.C.C.C.C.C.C.C.C.C.C.C.C.CCC(C)(C)C(=O)OC1(C)C2CC3CC(C2)CC1C3.CCC(C)C(=O)OC1(C)C2CC3CC(C2)CC1C3.CCC(C)C(=O)OC1(C)CCCC1.CCC(C)C(=O)OC1(CC)CCCC1.CCC(C)C(=O)OC1(CC)CCCCC1.CCC1(OC(=O)C(C)(C)CC)CCCC1.CCC1(OC(=O)C(C)(C)CC)CCCCC1. The van der Waals surface area contributed by atoms with Crippen molar-refractivity contribution in [2.75, 3.05) is 0 Å². The standard InChI is InChI=1S/C17H28O2.C16H26O2.C14H26O2.2C13H24O2.C12H22O2.C11H20O2.14CH4/c1-5-16(2,3)15(18)19-17(4)13-7-11-6-12(9-13)10-14(17)8-11;1-4-10(2)15(17)18-16(3)13-6-11-5-12(8-13)9-14(16)7-11;1-5-13(3,4)12(15)16-14(6-2)10-8-7-9-11-14;1-5-12(3,4)11(14)15-13(6-2)9-7-8-10-13;1-4-11(3)12(14)15-13(5-2)9-7-6-8-10-13;1-4-10(3)11(13)14-12(5-2)8-6-7-9-12;1-4-9(2)10(12)13-11(3)7-5-6-8-11;;;;;;;;;;;;;;/h11-14H,5-10H2,1-4H3;10-14H,4-9H2,1-3H3;5-11H2,1-4H3;5-10H2,1-4H3;11H,4-10H2,1-3H3;10H,4-9H2,1-3H3;9H,4-8H2,1-3H3;14*1H4. The van der Waals surface area contributed by atoms with E-state index in [2.05, 4.69) is 62.3 Å². The molecule has 4 atom stereocenters. The zero-order valence-electron chi connectivity index (χ0n) is 75.5. The zero-order valence-corrected chi connectivity index (χ0v) is 75.5. The second-order valence-electron chi connectivity index (χ2n) is 40.1. The number of ether oxygens (including phenoxy) is 7. The van der Waals surface area contributed by atoms with Gasteiger partial charge in [0.2, 0.25) is 0 Å². The molecule has 0 N–H and O–H groups in total.